The fourth-order valence-electron chi connectivity index (χ4n) is 3.38. The van der Waals surface area contributed by atoms with Gasteiger partial charge in [-0.05, 0) is 43.2 Å². The van der Waals surface area contributed by atoms with Gasteiger partial charge in [-0.1, -0.05) is 35.3 Å². The highest BCUT2D eigenvalue weighted by Gasteiger charge is 2.27. The molecular formula is C19H18Cl2N4O. The second-order valence-corrected chi connectivity index (χ2v) is 7.39. The molecule has 0 spiro atoms. The number of nitrogens with one attached hydrogen (secondary N) is 2. The highest BCUT2D eigenvalue weighted by Crippen LogP contribution is 2.28. The van der Waals surface area contributed by atoms with Crippen LogP contribution in [-0.2, 0) is 0 Å². The van der Waals surface area contributed by atoms with Gasteiger partial charge in [-0.2, -0.15) is 0 Å². The Morgan fingerprint density at radius 1 is 1.19 bits per heavy atom. The van der Waals surface area contributed by atoms with E-state index in [0.29, 0.717) is 22.3 Å². The Hall–Kier alpha value is -2.24. The number of rotatable bonds is 2. The summed E-state index contributed by atoms with van der Waals surface area (Å²) in [5.41, 5.74) is 2.58. The molecule has 1 aromatic heterocycles. The van der Waals surface area contributed by atoms with E-state index in [0.717, 1.165) is 36.2 Å². The van der Waals surface area contributed by atoms with Crippen LogP contribution in [-0.4, -0.2) is 34.0 Å². The summed E-state index contributed by atoms with van der Waals surface area (Å²) >= 11 is 12.0. The maximum absolute atomic E-state index is 12.6. The maximum atomic E-state index is 12.6. The Bertz CT molecular complexity index is 902. The van der Waals surface area contributed by atoms with Crippen molar-refractivity contribution in [1.82, 2.24) is 14.9 Å². The van der Waals surface area contributed by atoms with Crippen LogP contribution in [0.15, 0.2) is 42.5 Å². The fraction of sp³-hybridized carbons (Fsp3) is 0.263. The molecule has 1 unspecified atom stereocenters. The van der Waals surface area contributed by atoms with E-state index < -0.39 is 0 Å². The number of aromatic amines is 1. The van der Waals surface area contributed by atoms with Crippen molar-refractivity contribution < 1.29 is 4.79 Å². The van der Waals surface area contributed by atoms with Gasteiger partial charge in [0.05, 0.1) is 11.0 Å². The maximum Gasteiger partial charge on any atom is 0.321 e. The quantitative estimate of drug-likeness (QED) is 0.626. The zero-order valence-electron chi connectivity index (χ0n) is 14.0. The lowest BCUT2D eigenvalue weighted by molar-refractivity contribution is 0.191. The van der Waals surface area contributed by atoms with Gasteiger partial charge in [0.25, 0.3) is 0 Å². The number of urea groups is 1. The van der Waals surface area contributed by atoms with Crippen molar-refractivity contribution in [2.24, 2.45) is 0 Å². The first kappa shape index (κ1) is 17.2. The summed E-state index contributed by atoms with van der Waals surface area (Å²) in [4.78, 5) is 22.5. The van der Waals surface area contributed by atoms with Crippen LogP contribution in [0.2, 0.25) is 10.0 Å². The zero-order chi connectivity index (χ0) is 18.1. The molecule has 2 amide bonds. The van der Waals surface area contributed by atoms with Crippen LogP contribution < -0.4 is 5.32 Å². The second-order valence-electron chi connectivity index (χ2n) is 6.51. The largest absolute Gasteiger partial charge is 0.342 e. The number of carbonyl (C=O) groups is 1. The van der Waals surface area contributed by atoms with E-state index >= 15 is 0 Å². The Morgan fingerprint density at radius 2 is 1.96 bits per heavy atom. The third kappa shape index (κ3) is 3.64. The number of aromatic nitrogens is 2. The average molecular weight is 389 g/mol. The number of hydrogen-bond acceptors (Lipinski definition) is 2. The number of nitrogens with zero attached hydrogens (tertiary/aromatic N) is 2. The van der Waals surface area contributed by atoms with Crippen molar-refractivity contribution in [2.75, 3.05) is 18.4 Å². The molecular weight excluding hydrogens is 371 g/mol. The number of amides is 2. The molecule has 134 valence electrons. The van der Waals surface area contributed by atoms with Crippen LogP contribution in [0.3, 0.4) is 0 Å². The normalized spacial score (nSPS) is 17.5. The molecule has 2 aromatic carbocycles. The molecule has 0 radical (unpaired) electrons. The van der Waals surface area contributed by atoms with Crippen molar-refractivity contribution in [3.63, 3.8) is 0 Å². The van der Waals surface area contributed by atoms with Crippen molar-refractivity contribution in [3.05, 3.63) is 58.3 Å². The Kier molecular flexibility index (Phi) is 4.74. The molecule has 2 N–H and O–H groups in total. The number of fused-ring (bicyclic) bond motifs is 1. The number of piperidine rings is 1. The molecule has 1 aliphatic heterocycles. The Balaban J connectivity index is 1.48. The summed E-state index contributed by atoms with van der Waals surface area (Å²) in [6, 6.07) is 12.8. The molecule has 0 bridgehead atoms. The summed E-state index contributed by atoms with van der Waals surface area (Å²) in [5, 5.41) is 3.86. The average Bonchev–Trinajstić information content (AvgIpc) is 3.05. The molecule has 1 saturated heterocycles. The smallest absolute Gasteiger partial charge is 0.321 e. The first-order valence-corrected chi connectivity index (χ1v) is 9.31. The van der Waals surface area contributed by atoms with Gasteiger partial charge >= 0.3 is 6.03 Å². The third-order valence-corrected chi connectivity index (χ3v) is 5.05. The molecule has 1 aliphatic rings. The lowest BCUT2D eigenvalue weighted by atomic mass is 9.97. The second kappa shape index (κ2) is 7.17. The molecule has 2 heterocycles. The fourth-order valence-corrected chi connectivity index (χ4v) is 3.91. The molecule has 0 aliphatic carbocycles. The molecule has 1 fully saturated rings. The lowest BCUT2D eigenvalue weighted by Crippen LogP contribution is -2.41. The number of likely N-dealkylation sites (tertiary alicyclic amines) is 1. The number of carbonyl (C=O) groups excluding carboxylic acids is 1. The first-order chi connectivity index (χ1) is 12.6. The van der Waals surface area contributed by atoms with Gasteiger partial charge in [0.15, 0.2) is 0 Å². The molecule has 7 heteroatoms. The predicted molar refractivity (Wildman–Crippen MR) is 105 cm³/mol. The van der Waals surface area contributed by atoms with E-state index in [1.807, 2.05) is 29.2 Å². The summed E-state index contributed by atoms with van der Waals surface area (Å²) in [6.45, 7) is 1.34. The number of para-hydroxylation sites is 2. The van der Waals surface area contributed by atoms with Crippen molar-refractivity contribution >= 4 is 46.0 Å². The summed E-state index contributed by atoms with van der Waals surface area (Å²) < 4.78 is 0. The van der Waals surface area contributed by atoms with E-state index in [4.69, 9.17) is 23.2 Å². The van der Waals surface area contributed by atoms with Crippen molar-refractivity contribution in [3.8, 4) is 0 Å². The SMILES string of the molecule is O=C(Nc1cc(Cl)cc(Cl)c1)N1CCCC(c2nc3ccccc3[nH]2)C1. The highest BCUT2D eigenvalue weighted by atomic mass is 35.5. The van der Waals surface area contributed by atoms with E-state index in [1.165, 1.54) is 0 Å². The van der Waals surface area contributed by atoms with Crippen LogP contribution in [0, 0.1) is 0 Å². The van der Waals surface area contributed by atoms with Crippen molar-refractivity contribution in [1.29, 1.82) is 0 Å². The highest BCUT2D eigenvalue weighted by molar-refractivity contribution is 6.35. The molecule has 3 aromatic rings. The minimum atomic E-state index is -0.149. The summed E-state index contributed by atoms with van der Waals surface area (Å²) in [6.07, 6.45) is 1.94. The monoisotopic (exact) mass is 388 g/mol. The molecule has 0 saturated carbocycles. The van der Waals surface area contributed by atoms with Crippen LogP contribution in [0.4, 0.5) is 10.5 Å². The van der Waals surface area contributed by atoms with Crippen LogP contribution >= 0.6 is 23.2 Å². The van der Waals surface area contributed by atoms with Crippen LogP contribution in [0.25, 0.3) is 11.0 Å². The van der Waals surface area contributed by atoms with Gasteiger partial charge in [-0.3, -0.25) is 0 Å². The number of halogens is 2. The lowest BCUT2D eigenvalue weighted by Gasteiger charge is -2.31. The standard InChI is InChI=1S/C19H18Cl2N4O/c20-13-8-14(21)10-15(9-13)22-19(26)25-7-3-4-12(11-25)18-23-16-5-1-2-6-17(16)24-18/h1-2,5-6,8-10,12H,3-4,7,11H2,(H,22,26)(H,23,24). The van der Waals surface area contributed by atoms with Gasteiger partial charge < -0.3 is 15.2 Å². The number of imidazole rings is 1. The van der Waals surface area contributed by atoms with E-state index in [9.17, 15) is 4.79 Å². The van der Waals surface area contributed by atoms with Gasteiger partial charge in [0, 0.05) is 34.7 Å². The van der Waals surface area contributed by atoms with E-state index in [1.54, 1.807) is 18.2 Å². The minimum absolute atomic E-state index is 0.149. The topological polar surface area (TPSA) is 61.0 Å². The van der Waals surface area contributed by atoms with E-state index in [-0.39, 0.29) is 11.9 Å². The molecule has 1 atom stereocenters. The van der Waals surface area contributed by atoms with E-state index in [2.05, 4.69) is 15.3 Å². The Labute approximate surface area is 161 Å². The van der Waals surface area contributed by atoms with Crippen LogP contribution in [0.1, 0.15) is 24.6 Å². The zero-order valence-corrected chi connectivity index (χ0v) is 15.5. The summed E-state index contributed by atoms with van der Waals surface area (Å²) in [7, 11) is 0. The van der Waals surface area contributed by atoms with Gasteiger partial charge in [-0.15, -0.1) is 0 Å². The summed E-state index contributed by atoms with van der Waals surface area (Å²) in [5.74, 6) is 1.14. The first-order valence-electron chi connectivity index (χ1n) is 8.55. The number of benzene rings is 2. The minimum Gasteiger partial charge on any atom is -0.342 e. The third-order valence-electron chi connectivity index (χ3n) is 4.62. The predicted octanol–water partition coefficient (Wildman–Crippen LogP) is 5.28. The number of hydrogen-bond donors (Lipinski definition) is 2. The Morgan fingerprint density at radius 3 is 2.73 bits per heavy atom. The molecule has 26 heavy (non-hydrogen) atoms. The molecule has 5 nitrogen and oxygen atoms in total. The van der Waals surface area contributed by atoms with Gasteiger partial charge in [0.1, 0.15) is 5.82 Å². The molecule has 4 rings (SSSR count). The van der Waals surface area contributed by atoms with Gasteiger partial charge in [0.2, 0.25) is 0 Å². The number of H-pyrrole nitrogens is 1. The van der Waals surface area contributed by atoms with Crippen molar-refractivity contribution in [2.45, 2.75) is 18.8 Å². The van der Waals surface area contributed by atoms with Gasteiger partial charge in [-0.25, -0.2) is 9.78 Å². The van der Waals surface area contributed by atoms with Crippen LogP contribution in [0.5, 0.6) is 0 Å². The number of anilines is 1.